The van der Waals surface area contributed by atoms with Crippen LogP contribution in [0.1, 0.15) is 43.7 Å². The number of aromatic nitrogens is 2. The Kier molecular flexibility index (Phi) is 7.00. The van der Waals surface area contributed by atoms with Crippen molar-refractivity contribution in [2.45, 2.75) is 38.0 Å². The van der Waals surface area contributed by atoms with E-state index in [1.807, 2.05) is 43.3 Å². The van der Waals surface area contributed by atoms with Crippen molar-refractivity contribution in [1.29, 1.82) is 0 Å². The van der Waals surface area contributed by atoms with Crippen molar-refractivity contribution in [2.24, 2.45) is 0 Å². The second kappa shape index (κ2) is 9.83. The zero-order valence-corrected chi connectivity index (χ0v) is 21.4. The molecule has 0 bridgehead atoms. The van der Waals surface area contributed by atoms with Gasteiger partial charge in [-0.1, -0.05) is 32.9 Å². The molecule has 3 aromatic rings. The topological polar surface area (TPSA) is 95.6 Å². The molecule has 35 heavy (non-hydrogen) atoms. The molecule has 0 unspecified atom stereocenters. The van der Waals surface area contributed by atoms with Crippen LogP contribution in [0.15, 0.2) is 59.5 Å². The van der Waals surface area contributed by atoms with Crippen molar-refractivity contribution in [2.75, 3.05) is 32.8 Å². The number of rotatable bonds is 6. The number of carbonyl (C=O) groups is 1. The van der Waals surface area contributed by atoms with Crippen LogP contribution in [0.2, 0.25) is 0 Å². The second-order valence-electron chi connectivity index (χ2n) is 9.59. The van der Waals surface area contributed by atoms with E-state index in [0.717, 1.165) is 16.9 Å². The van der Waals surface area contributed by atoms with Crippen LogP contribution in [0, 0.1) is 0 Å². The van der Waals surface area contributed by atoms with Crippen LogP contribution in [0.3, 0.4) is 0 Å². The second-order valence-corrected chi connectivity index (χ2v) is 11.5. The standard InChI is InChI=1S/C26H32N4O4S/c1-5-34-21-10-6-19(7-11-21)23-18-24(28-27-23)25(31)29-14-16-30(17-15-29)35(32,33)22-12-8-20(9-13-22)26(2,3)4/h6-13,18H,5,14-17H2,1-4H3,(H,27,28). The predicted molar refractivity (Wildman–Crippen MR) is 135 cm³/mol. The van der Waals surface area contributed by atoms with Crippen molar-refractivity contribution >= 4 is 15.9 Å². The lowest BCUT2D eigenvalue weighted by atomic mass is 9.87. The highest BCUT2D eigenvalue weighted by Crippen LogP contribution is 2.26. The Labute approximate surface area is 207 Å². The Morgan fingerprint density at radius 1 is 1.00 bits per heavy atom. The van der Waals surface area contributed by atoms with E-state index in [-0.39, 0.29) is 29.3 Å². The molecule has 4 rings (SSSR count). The number of piperazine rings is 1. The maximum Gasteiger partial charge on any atom is 0.271 e. The van der Waals surface area contributed by atoms with Gasteiger partial charge in [0.25, 0.3) is 5.91 Å². The minimum Gasteiger partial charge on any atom is -0.494 e. The first-order valence-electron chi connectivity index (χ1n) is 11.8. The Bertz CT molecular complexity index is 1270. The van der Waals surface area contributed by atoms with Crippen LogP contribution >= 0.6 is 0 Å². The van der Waals surface area contributed by atoms with Gasteiger partial charge in [-0.05, 0) is 60.4 Å². The van der Waals surface area contributed by atoms with Crippen LogP contribution in [-0.2, 0) is 15.4 Å². The molecule has 1 saturated heterocycles. The minimum atomic E-state index is -3.61. The van der Waals surface area contributed by atoms with Crippen molar-refractivity contribution in [3.05, 3.63) is 65.9 Å². The first kappa shape index (κ1) is 24.9. The number of H-pyrrole nitrogens is 1. The quantitative estimate of drug-likeness (QED) is 0.558. The Morgan fingerprint density at radius 3 is 2.20 bits per heavy atom. The lowest BCUT2D eigenvalue weighted by Crippen LogP contribution is -2.50. The Morgan fingerprint density at radius 2 is 1.63 bits per heavy atom. The van der Waals surface area contributed by atoms with E-state index in [2.05, 4.69) is 31.0 Å². The number of hydrogen-bond donors (Lipinski definition) is 1. The van der Waals surface area contributed by atoms with Gasteiger partial charge < -0.3 is 9.64 Å². The predicted octanol–water partition coefficient (Wildman–Crippen LogP) is 3.92. The lowest BCUT2D eigenvalue weighted by Gasteiger charge is -2.33. The first-order valence-corrected chi connectivity index (χ1v) is 13.2. The van der Waals surface area contributed by atoms with Gasteiger partial charge in [0, 0.05) is 31.7 Å². The molecule has 1 aliphatic rings. The van der Waals surface area contributed by atoms with Gasteiger partial charge in [-0.25, -0.2) is 8.42 Å². The van der Waals surface area contributed by atoms with Crippen LogP contribution < -0.4 is 4.74 Å². The maximum absolute atomic E-state index is 13.1. The zero-order valence-electron chi connectivity index (χ0n) is 20.6. The summed E-state index contributed by atoms with van der Waals surface area (Å²) in [6.07, 6.45) is 0. The molecule has 0 atom stereocenters. The molecule has 1 N–H and O–H groups in total. The van der Waals surface area contributed by atoms with E-state index in [4.69, 9.17) is 4.74 Å². The van der Waals surface area contributed by atoms with Gasteiger partial charge in [0.15, 0.2) is 0 Å². The molecule has 0 saturated carbocycles. The van der Waals surface area contributed by atoms with E-state index in [1.165, 1.54) is 4.31 Å². The Balaban J connectivity index is 1.39. The summed E-state index contributed by atoms with van der Waals surface area (Å²) in [5.74, 6) is 0.585. The number of amides is 1. The summed E-state index contributed by atoms with van der Waals surface area (Å²) < 4.78 is 33.1. The van der Waals surface area contributed by atoms with Gasteiger partial charge in [0.2, 0.25) is 10.0 Å². The summed E-state index contributed by atoms with van der Waals surface area (Å²) in [6.45, 7) is 9.92. The molecule has 186 valence electrons. The Hall–Kier alpha value is -3.17. The average molecular weight is 497 g/mol. The molecule has 2 aromatic carbocycles. The molecule has 0 radical (unpaired) electrons. The number of hydrogen-bond acceptors (Lipinski definition) is 5. The number of nitrogens with one attached hydrogen (secondary N) is 1. The molecule has 1 fully saturated rings. The highest BCUT2D eigenvalue weighted by molar-refractivity contribution is 7.89. The summed E-state index contributed by atoms with van der Waals surface area (Å²) in [5.41, 5.74) is 2.95. The molecule has 2 heterocycles. The third kappa shape index (κ3) is 5.41. The summed E-state index contributed by atoms with van der Waals surface area (Å²) in [6, 6.07) is 16.3. The van der Waals surface area contributed by atoms with Crippen molar-refractivity contribution in [3.63, 3.8) is 0 Å². The van der Waals surface area contributed by atoms with Gasteiger partial charge in [0.05, 0.1) is 17.2 Å². The molecule has 0 aliphatic carbocycles. The normalized spacial score (nSPS) is 15.3. The molecule has 1 aromatic heterocycles. The maximum atomic E-state index is 13.1. The summed E-state index contributed by atoms with van der Waals surface area (Å²) in [7, 11) is -3.61. The van der Waals surface area contributed by atoms with Gasteiger partial charge in [-0.15, -0.1) is 0 Å². The van der Waals surface area contributed by atoms with E-state index in [0.29, 0.717) is 31.1 Å². The molecule has 1 amide bonds. The molecule has 9 heteroatoms. The monoisotopic (exact) mass is 496 g/mol. The zero-order chi connectivity index (χ0) is 25.2. The summed E-state index contributed by atoms with van der Waals surface area (Å²) >= 11 is 0. The fourth-order valence-electron chi connectivity index (χ4n) is 4.05. The summed E-state index contributed by atoms with van der Waals surface area (Å²) in [4.78, 5) is 14.9. The number of sulfonamides is 1. The highest BCUT2D eigenvalue weighted by Gasteiger charge is 2.31. The molecule has 1 aliphatic heterocycles. The van der Waals surface area contributed by atoms with Crippen molar-refractivity contribution in [3.8, 4) is 17.0 Å². The van der Waals surface area contributed by atoms with E-state index >= 15 is 0 Å². The molecular formula is C26H32N4O4S. The van der Waals surface area contributed by atoms with Gasteiger partial charge in [-0.3, -0.25) is 9.89 Å². The van der Waals surface area contributed by atoms with Crippen LogP contribution in [0.25, 0.3) is 11.3 Å². The summed E-state index contributed by atoms with van der Waals surface area (Å²) in [5, 5.41) is 7.10. The number of carbonyl (C=O) groups excluding carboxylic acids is 1. The fourth-order valence-corrected chi connectivity index (χ4v) is 5.47. The van der Waals surface area contributed by atoms with E-state index in [1.54, 1.807) is 23.1 Å². The number of nitrogens with zero attached hydrogens (tertiary/aromatic N) is 3. The highest BCUT2D eigenvalue weighted by atomic mass is 32.2. The van der Waals surface area contributed by atoms with Gasteiger partial charge in [0.1, 0.15) is 11.4 Å². The number of ether oxygens (including phenoxy) is 1. The molecular weight excluding hydrogens is 464 g/mol. The van der Waals surface area contributed by atoms with Crippen LogP contribution in [-0.4, -0.2) is 66.5 Å². The van der Waals surface area contributed by atoms with Gasteiger partial charge in [-0.2, -0.15) is 9.40 Å². The average Bonchev–Trinajstić information content (AvgIpc) is 3.34. The van der Waals surface area contributed by atoms with Gasteiger partial charge >= 0.3 is 0 Å². The van der Waals surface area contributed by atoms with E-state index in [9.17, 15) is 13.2 Å². The van der Waals surface area contributed by atoms with Crippen LogP contribution in [0.5, 0.6) is 5.75 Å². The van der Waals surface area contributed by atoms with Crippen molar-refractivity contribution in [1.82, 2.24) is 19.4 Å². The minimum absolute atomic E-state index is 0.0479. The van der Waals surface area contributed by atoms with E-state index < -0.39 is 10.0 Å². The SMILES string of the molecule is CCOc1ccc(-c2cc(C(=O)N3CCN(S(=O)(=O)c4ccc(C(C)(C)C)cc4)CC3)[nH]n2)cc1. The largest absolute Gasteiger partial charge is 0.494 e. The van der Waals surface area contributed by atoms with Crippen molar-refractivity contribution < 1.29 is 17.9 Å². The smallest absolute Gasteiger partial charge is 0.271 e. The number of benzene rings is 2. The molecule has 8 nitrogen and oxygen atoms in total. The van der Waals surface area contributed by atoms with Crippen LogP contribution in [0.4, 0.5) is 0 Å². The third-order valence-electron chi connectivity index (χ3n) is 6.15. The number of aromatic amines is 1. The first-order chi connectivity index (χ1) is 16.6. The lowest BCUT2D eigenvalue weighted by molar-refractivity contribution is 0.0692. The fraction of sp³-hybridized carbons (Fsp3) is 0.385. The molecule has 0 spiro atoms. The third-order valence-corrected chi connectivity index (χ3v) is 8.07.